The third kappa shape index (κ3) is 3.05. The first-order valence-electron chi connectivity index (χ1n) is 8.73. The highest BCUT2D eigenvalue weighted by atomic mass is 16.5. The van der Waals surface area contributed by atoms with E-state index in [0.29, 0.717) is 34.4 Å². The molecule has 0 radical (unpaired) electrons. The molecule has 0 spiro atoms. The van der Waals surface area contributed by atoms with E-state index >= 15 is 0 Å². The Bertz CT molecular complexity index is 791. The lowest BCUT2D eigenvalue weighted by Crippen LogP contribution is -2.39. The number of methoxy groups -OCH3 is 2. The van der Waals surface area contributed by atoms with Gasteiger partial charge in [-0.15, -0.1) is 0 Å². The third-order valence-electron chi connectivity index (χ3n) is 4.85. The minimum Gasteiger partial charge on any atom is -0.496 e. The van der Waals surface area contributed by atoms with Gasteiger partial charge in [0.25, 0.3) is 0 Å². The third-order valence-corrected chi connectivity index (χ3v) is 4.85. The SMILES string of the molecule is CCC[C@@H]1O[C@H](CC(=O)OC)CC2=C1C(=O)c1c(OC)cccc1C2=O. The highest BCUT2D eigenvalue weighted by Gasteiger charge is 2.42. The van der Waals surface area contributed by atoms with Gasteiger partial charge in [-0.3, -0.25) is 14.4 Å². The Kier molecular flexibility index (Phi) is 5.23. The van der Waals surface area contributed by atoms with Crippen LogP contribution < -0.4 is 4.74 Å². The van der Waals surface area contributed by atoms with E-state index in [0.717, 1.165) is 6.42 Å². The Morgan fingerprint density at radius 3 is 2.65 bits per heavy atom. The summed E-state index contributed by atoms with van der Waals surface area (Å²) in [6, 6.07) is 5.01. The lowest BCUT2D eigenvalue weighted by molar-refractivity contribution is -0.145. The van der Waals surface area contributed by atoms with Gasteiger partial charge in [-0.25, -0.2) is 0 Å². The number of carbonyl (C=O) groups is 3. The molecule has 2 aliphatic rings. The summed E-state index contributed by atoms with van der Waals surface area (Å²) < 4.78 is 16.0. The van der Waals surface area contributed by atoms with Gasteiger partial charge in [0.05, 0.1) is 38.4 Å². The normalized spacial score (nSPS) is 22.0. The summed E-state index contributed by atoms with van der Waals surface area (Å²) in [5.74, 6) is -0.417. The van der Waals surface area contributed by atoms with Crippen LogP contribution in [0.15, 0.2) is 29.3 Å². The number of carbonyl (C=O) groups excluding carboxylic acids is 3. The summed E-state index contributed by atoms with van der Waals surface area (Å²) in [5.41, 5.74) is 1.52. The molecule has 138 valence electrons. The van der Waals surface area contributed by atoms with Crippen molar-refractivity contribution in [1.29, 1.82) is 0 Å². The van der Waals surface area contributed by atoms with Crippen molar-refractivity contribution in [3.63, 3.8) is 0 Å². The molecule has 0 fully saturated rings. The fourth-order valence-corrected chi connectivity index (χ4v) is 3.66. The molecule has 0 saturated carbocycles. The maximum atomic E-state index is 13.2. The van der Waals surface area contributed by atoms with Crippen molar-refractivity contribution >= 4 is 17.5 Å². The molecule has 0 bridgehead atoms. The smallest absolute Gasteiger partial charge is 0.308 e. The van der Waals surface area contributed by atoms with Crippen molar-refractivity contribution in [3.05, 3.63) is 40.5 Å². The Morgan fingerprint density at radius 2 is 2.00 bits per heavy atom. The number of hydrogen-bond donors (Lipinski definition) is 0. The quantitative estimate of drug-likeness (QED) is 0.753. The molecule has 6 nitrogen and oxygen atoms in total. The zero-order valence-electron chi connectivity index (χ0n) is 15.2. The van der Waals surface area contributed by atoms with Gasteiger partial charge in [0.2, 0.25) is 0 Å². The van der Waals surface area contributed by atoms with Crippen LogP contribution in [-0.4, -0.2) is 44.0 Å². The van der Waals surface area contributed by atoms with Gasteiger partial charge in [0, 0.05) is 23.1 Å². The Labute approximate surface area is 152 Å². The number of ether oxygens (including phenoxy) is 3. The molecule has 1 aliphatic carbocycles. The van der Waals surface area contributed by atoms with E-state index < -0.39 is 18.2 Å². The zero-order chi connectivity index (χ0) is 18.8. The zero-order valence-corrected chi connectivity index (χ0v) is 15.2. The first kappa shape index (κ1) is 18.3. The number of ketones is 2. The van der Waals surface area contributed by atoms with Crippen LogP contribution in [0.5, 0.6) is 5.75 Å². The maximum absolute atomic E-state index is 13.2. The number of fused-ring (bicyclic) bond motifs is 1. The first-order chi connectivity index (χ1) is 12.5. The standard InChI is InChI=1S/C20H22O6/c1-4-6-15-18-13(9-11(26-15)10-16(21)25-3)19(22)12-7-5-8-14(24-2)17(12)20(18)23/h5,7-8,11,15H,4,6,9-10H2,1-3H3/t11-,15-/m0/s1. The van der Waals surface area contributed by atoms with Crippen LogP contribution in [0.25, 0.3) is 0 Å². The van der Waals surface area contributed by atoms with Gasteiger partial charge >= 0.3 is 5.97 Å². The fraction of sp³-hybridized carbons (Fsp3) is 0.450. The van der Waals surface area contributed by atoms with Crippen LogP contribution >= 0.6 is 0 Å². The summed E-state index contributed by atoms with van der Waals surface area (Å²) >= 11 is 0. The Morgan fingerprint density at radius 1 is 1.23 bits per heavy atom. The predicted octanol–water partition coefficient (Wildman–Crippen LogP) is 2.89. The van der Waals surface area contributed by atoms with E-state index in [1.54, 1.807) is 18.2 Å². The van der Waals surface area contributed by atoms with Crippen molar-refractivity contribution in [2.45, 2.75) is 44.8 Å². The molecule has 1 aromatic rings. The molecule has 2 atom stereocenters. The minimum atomic E-state index is -0.507. The lowest BCUT2D eigenvalue weighted by atomic mass is 9.77. The Hall–Kier alpha value is -2.47. The number of Topliss-reactive ketones (excluding diaryl/α,β-unsaturated/α-hetero) is 2. The van der Waals surface area contributed by atoms with E-state index in [1.807, 2.05) is 6.92 Å². The summed E-state index contributed by atoms with van der Waals surface area (Å²) in [6.07, 6.45) is 0.688. The second-order valence-electron chi connectivity index (χ2n) is 6.45. The molecule has 3 rings (SSSR count). The van der Waals surface area contributed by atoms with Crippen LogP contribution in [0.4, 0.5) is 0 Å². The molecule has 0 N–H and O–H groups in total. The van der Waals surface area contributed by atoms with Crippen LogP contribution in [0.1, 0.15) is 53.3 Å². The highest BCUT2D eigenvalue weighted by molar-refractivity contribution is 6.28. The van der Waals surface area contributed by atoms with E-state index in [-0.39, 0.29) is 24.4 Å². The van der Waals surface area contributed by atoms with Crippen molar-refractivity contribution in [3.8, 4) is 5.75 Å². The van der Waals surface area contributed by atoms with Crippen LogP contribution in [0, 0.1) is 0 Å². The first-order valence-corrected chi connectivity index (χ1v) is 8.73. The molecular weight excluding hydrogens is 336 g/mol. The topological polar surface area (TPSA) is 78.9 Å². The summed E-state index contributed by atoms with van der Waals surface area (Å²) in [5, 5.41) is 0. The fourth-order valence-electron chi connectivity index (χ4n) is 3.66. The largest absolute Gasteiger partial charge is 0.496 e. The Balaban J connectivity index is 2.06. The molecular formula is C20H22O6. The molecule has 0 amide bonds. The molecule has 26 heavy (non-hydrogen) atoms. The molecule has 6 heteroatoms. The van der Waals surface area contributed by atoms with Crippen molar-refractivity contribution in [2.75, 3.05) is 14.2 Å². The van der Waals surface area contributed by atoms with Crippen molar-refractivity contribution in [2.24, 2.45) is 0 Å². The molecule has 1 aromatic carbocycles. The van der Waals surface area contributed by atoms with E-state index in [2.05, 4.69) is 0 Å². The van der Waals surface area contributed by atoms with Crippen LogP contribution in [0.2, 0.25) is 0 Å². The van der Waals surface area contributed by atoms with E-state index in [1.165, 1.54) is 14.2 Å². The van der Waals surface area contributed by atoms with Gasteiger partial charge in [-0.05, 0) is 12.5 Å². The number of hydrogen-bond acceptors (Lipinski definition) is 6. The second kappa shape index (κ2) is 7.41. The monoisotopic (exact) mass is 358 g/mol. The predicted molar refractivity (Wildman–Crippen MR) is 93.5 cm³/mol. The summed E-state index contributed by atoms with van der Waals surface area (Å²) in [7, 11) is 2.79. The van der Waals surface area contributed by atoms with Gasteiger partial charge < -0.3 is 14.2 Å². The summed E-state index contributed by atoms with van der Waals surface area (Å²) in [6.45, 7) is 1.98. The van der Waals surface area contributed by atoms with Gasteiger partial charge in [0.1, 0.15) is 5.75 Å². The molecule has 0 unspecified atom stereocenters. The molecule has 1 heterocycles. The molecule has 0 saturated heterocycles. The van der Waals surface area contributed by atoms with Crippen molar-refractivity contribution in [1.82, 2.24) is 0 Å². The van der Waals surface area contributed by atoms with Gasteiger partial charge in [-0.1, -0.05) is 25.5 Å². The van der Waals surface area contributed by atoms with Gasteiger partial charge in [0.15, 0.2) is 11.6 Å². The number of benzene rings is 1. The molecule has 1 aliphatic heterocycles. The second-order valence-corrected chi connectivity index (χ2v) is 6.45. The van der Waals surface area contributed by atoms with Crippen LogP contribution in [-0.2, 0) is 14.3 Å². The van der Waals surface area contributed by atoms with E-state index in [4.69, 9.17) is 14.2 Å². The van der Waals surface area contributed by atoms with Gasteiger partial charge in [-0.2, -0.15) is 0 Å². The average Bonchev–Trinajstić information content (AvgIpc) is 2.65. The summed E-state index contributed by atoms with van der Waals surface area (Å²) in [4.78, 5) is 37.9. The average molecular weight is 358 g/mol. The van der Waals surface area contributed by atoms with E-state index in [9.17, 15) is 14.4 Å². The lowest BCUT2D eigenvalue weighted by Gasteiger charge is -2.35. The van der Waals surface area contributed by atoms with Crippen LogP contribution in [0.3, 0.4) is 0 Å². The highest BCUT2D eigenvalue weighted by Crippen LogP contribution is 2.40. The van der Waals surface area contributed by atoms with Crippen molar-refractivity contribution < 1.29 is 28.6 Å². The maximum Gasteiger partial charge on any atom is 0.308 e. The number of rotatable bonds is 5. The minimum absolute atomic E-state index is 0.0555. The molecule has 0 aromatic heterocycles. The number of esters is 1.